The Bertz CT molecular complexity index is 3340. The van der Waals surface area contributed by atoms with Crippen LogP contribution in [-0.2, 0) is 10.8 Å². The average Bonchev–Trinajstić information content (AvgIpc) is 3.68. The second kappa shape index (κ2) is 15.8. The molecule has 0 atom stereocenters. The van der Waals surface area contributed by atoms with E-state index >= 15 is 0 Å². The Hall–Kier alpha value is -8.20. The second-order valence-corrected chi connectivity index (χ2v) is 18.0. The van der Waals surface area contributed by atoms with E-state index in [1.165, 1.54) is 66.8 Å². The van der Waals surface area contributed by atoms with Crippen LogP contribution in [0.4, 0.5) is 34.1 Å². The maximum Gasteiger partial charge on any atom is 0.0720 e. The van der Waals surface area contributed by atoms with Crippen molar-refractivity contribution >= 4 is 34.1 Å². The number of benzene rings is 10. The number of rotatable bonds is 8. The summed E-state index contributed by atoms with van der Waals surface area (Å²) in [5.41, 5.74) is 21.0. The number of nitrogens with zero attached hydrogens (tertiary/aromatic N) is 2. The van der Waals surface area contributed by atoms with Gasteiger partial charge in [0.15, 0.2) is 0 Å². The first-order valence-corrected chi connectivity index (χ1v) is 23.0. The lowest BCUT2D eigenvalue weighted by Gasteiger charge is -2.46. The minimum atomic E-state index is -0.595. The van der Waals surface area contributed by atoms with E-state index < -0.39 is 5.41 Å². The van der Waals surface area contributed by atoms with Crippen molar-refractivity contribution in [1.82, 2.24) is 0 Å². The van der Waals surface area contributed by atoms with Gasteiger partial charge in [-0.3, -0.25) is 0 Å². The highest BCUT2D eigenvalue weighted by Crippen LogP contribution is 2.65. The van der Waals surface area contributed by atoms with E-state index in [-0.39, 0.29) is 5.41 Å². The molecule has 10 aromatic carbocycles. The predicted octanol–water partition coefficient (Wildman–Crippen LogP) is 17.0. The molecule has 0 radical (unpaired) electrons. The molecule has 1 spiro atoms. The van der Waals surface area contributed by atoms with E-state index in [9.17, 15) is 0 Å². The summed E-state index contributed by atoms with van der Waals surface area (Å²) in [6.45, 7) is 4.79. The number of fused-ring (bicyclic) bond motifs is 9. The highest BCUT2D eigenvalue weighted by atomic mass is 15.2. The molecule has 66 heavy (non-hydrogen) atoms. The fraction of sp³-hybridized carbons (Fsp3) is 0.0625. The maximum absolute atomic E-state index is 2.50. The first-order valence-electron chi connectivity index (χ1n) is 23.0. The van der Waals surface area contributed by atoms with Crippen molar-refractivity contribution in [1.29, 1.82) is 0 Å². The standard InChI is InChI=1S/C64H48N2/c1-63(2)54-34-17-19-36-56(54)64(57-37-20-18-35-55(57)63)53-43-42-49(65(47-28-11-5-12-29-47)59-39-21-15-32-50(59)45-24-7-3-8-25-45)44-52(53)62-58(64)38-23-41-61(62)66(48-30-13-6-14-31-48)60-40-22-16-33-51(60)46-26-9-4-10-27-46/h3-44H,1-2H3. The first kappa shape index (κ1) is 39.4. The summed E-state index contributed by atoms with van der Waals surface area (Å²) in [4.78, 5) is 4.95. The lowest BCUT2D eigenvalue weighted by Crippen LogP contribution is -2.40. The maximum atomic E-state index is 2.50. The summed E-state index contributed by atoms with van der Waals surface area (Å²) in [7, 11) is 0. The fourth-order valence-electron chi connectivity index (χ4n) is 11.3. The Morgan fingerprint density at radius 3 is 1.23 bits per heavy atom. The van der Waals surface area contributed by atoms with Gasteiger partial charge in [-0.25, -0.2) is 0 Å². The van der Waals surface area contributed by atoms with Crippen LogP contribution < -0.4 is 9.80 Å². The van der Waals surface area contributed by atoms with Gasteiger partial charge in [0.2, 0.25) is 0 Å². The number of para-hydroxylation sites is 4. The van der Waals surface area contributed by atoms with E-state index in [0.29, 0.717) is 0 Å². The first-order chi connectivity index (χ1) is 32.5. The van der Waals surface area contributed by atoms with Gasteiger partial charge in [0, 0.05) is 39.2 Å². The van der Waals surface area contributed by atoms with Gasteiger partial charge in [-0.2, -0.15) is 0 Å². The van der Waals surface area contributed by atoms with Gasteiger partial charge in [0.1, 0.15) is 0 Å². The van der Waals surface area contributed by atoms with Crippen molar-refractivity contribution in [2.75, 3.05) is 9.80 Å². The molecule has 2 aliphatic rings. The molecule has 0 aliphatic heterocycles. The normalized spacial score (nSPS) is 13.5. The van der Waals surface area contributed by atoms with Crippen LogP contribution in [0.25, 0.3) is 33.4 Å². The van der Waals surface area contributed by atoms with E-state index in [1.54, 1.807) is 0 Å². The Morgan fingerprint density at radius 1 is 0.273 bits per heavy atom. The van der Waals surface area contributed by atoms with Gasteiger partial charge in [-0.15, -0.1) is 0 Å². The van der Waals surface area contributed by atoms with E-state index in [1.807, 2.05) is 0 Å². The fourth-order valence-corrected chi connectivity index (χ4v) is 11.3. The molecule has 0 N–H and O–H groups in total. The molecule has 0 aromatic heterocycles. The average molecular weight is 845 g/mol. The molecule has 0 heterocycles. The second-order valence-electron chi connectivity index (χ2n) is 18.0. The summed E-state index contributed by atoms with van der Waals surface area (Å²) >= 11 is 0. The molecule has 0 fully saturated rings. The largest absolute Gasteiger partial charge is 0.310 e. The van der Waals surface area contributed by atoms with Gasteiger partial charge in [0.25, 0.3) is 0 Å². The minimum Gasteiger partial charge on any atom is -0.310 e. The van der Waals surface area contributed by atoms with Gasteiger partial charge in [-0.05, 0) is 105 Å². The van der Waals surface area contributed by atoms with Crippen molar-refractivity contribution in [2.24, 2.45) is 0 Å². The van der Waals surface area contributed by atoms with E-state index in [4.69, 9.17) is 0 Å². The van der Waals surface area contributed by atoms with Gasteiger partial charge >= 0.3 is 0 Å². The summed E-state index contributed by atoms with van der Waals surface area (Å²) < 4.78 is 0. The van der Waals surface area contributed by atoms with Crippen LogP contribution in [0, 0.1) is 0 Å². The molecule has 0 saturated heterocycles. The highest BCUT2D eigenvalue weighted by molar-refractivity contribution is 6.01. The third-order valence-electron chi connectivity index (χ3n) is 14.1. The van der Waals surface area contributed by atoms with Crippen LogP contribution in [0.2, 0.25) is 0 Å². The van der Waals surface area contributed by atoms with E-state index in [0.717, 1.165) is 34.1 Å². The van der Waals surface area contributed by atoms with Crippen LogP contribution in [0.1, 0.15) is 47.2 Å². The molecule has 2 nitrogen and oxygen atoms in total. The Labute approximate surface area is 388 Å². The Balaban J connectivity index is 1.20. The molecule has 314 valence electrons. The van der Waals surface area contributed by atoms with Crippen molar-refractivity contribution in [2.45, 2.75) is 24.7 Å². The van der Waals surface area contributed by atoms with Gasteiger partial charge < -0.3 is 9.80 Å². The summed E-state index contributed by atoms with van der Waals surface area (Å²) in [5, 5.41) is 0. The minimum absolute atomic E-state index is 0.213. The van der Waals surface area contributed by atoms with Crippen LogP contribution in [-0.4, -0.2) is 0 Å². The number of hydrogen-bond donors (Lipinski definition) is 0. The molecule has 2 aliphatic carbocycles. The zero-order valence-electron chi connectivity index (χ0n) is 37.1. The third-order valence-corrected chi connectivity index (χ3v) is 14.1. The number of hydrogen-bond acceptors (Lipinski definition) is 2. The van der Waals surface area contributed by atoms with Crippen LogP contribution in [0.5, 0.6) is 0 Å². The molecular formula is C64H48N2. The van der Waals surface area contributed by atoms with Crippen LogP contribution >= 0.6 is 0 Å². The predicted molar refractivity (Wildman–Crippen MR) is 276 cm³/mol. The van der Waals surface area contributed by atoms with Crippen LogP contribution in [0.15, 0.2) is 255 Å². The summed E-state index contributed by atoms with van der Waals surface area (Å²) in [6.07, 6.45) is 0. The van der Waals surface area contributed by atoms with Gasteiger partial charge in [-0.1, -0.05) is 214 Å². The zero-order chi connectivity index (χ0) is 44.2. The van der Waals surface area contributed by atoms with Crippen molar-refractivity contribution in [3.05, 3.63) is 288 Å². The Morgan fingerprint density at radius 2 is 0.682 bits per heavy atom. The zero-order valence-corrected chi connectivity index (χ0v) is 37.1. The lowest BCUT2D eigenvalue weighted by molar-refractivity contribution is 0.563. The van der Waals surface area contributed by atoms with Crippen LogP contribution in [0.3, 0.4) is 0 Å². The number of anilines is 6. The third kappa shape index (κ3) is 6.02. The molecular weight excluding hydrogens is 797 g/mol. The molecule has 2 heteroatoms. The van der Waals surface area contributed by atoms with E-state index in [2.05, 4.69) is 278 Å². The molecule has 12 rings (SSSR count). The topological polar surface area (TPSA) is 6.48 Å². The molecule has 0 amide bonds. The molecule has 0 unspecified atom stereocenters. The van der Waals surface area contributed by atoms with Crippen molar-refractivity contribution < 1.29 is 0 Å². The lowest BCUT2D eigenvalue weighted by atomic mass is 9.55. The molecule has 0 saturated carbocycles. The SMILES string of the molecule is CC1(C)c2ccccc2C2(c3ccc(N(c4ccccc4)c4ccccc4-c4ccccc4)cc3-c3c(N(c4ccccc4)c4ccccc4-c4ccccc4)cccc32)c2ccccc21. The monoisotopic (exact) mass is 844 g/mol. The molecule has 10 aromatic rings. The summed E-state index contributed by atoms with van der Waals surface area (Å²) in [5.74, 6) is 0. The summed E-state index contributed by atoms with van der Waals surface area (Å²) in [6, 6.07) is 93.8. The van der Waals surface area contributed by atoms with Crippen molar-refractivity contribution in [3.8, 4) is 33.4 Å². The smallest absolute Gasteiger partial charge is 0.0720 e. The van der Waals surface area contributed by atoms with Crippen molar-refractivity contribution in [3.63, 3.8) is 0 Å². The highest BCUT2D eigenvalue weighted by Gasteiger charge is 2.54. The molecule has 0 bridgehead atoms. The quantitative estimate of drug-likeness (QED) is 0.150. The Kier molecular flexibility index (Phi) is 9.43. The van der Waals surface area contributed by atoms with Gasteiger partial charge in [0.05, 0.1) is 22.5 Å².